The molecule has 0 unspecified atom stereocenters. The van der Waals surface area contributed by atoms with Crippen molar-refractivity contribution in [2.24, 2.45) is 4.99 Å². The standard InChI is InChI=1S/C20H14Br2N2O3/c21-16-10-15(12-23-17-6-8-18(9-7-17)24(25)26)20(19(22)11-16)27-13-14-4-2-1-3-5-14/h1-12H,13H2. The highest BCUT2D eigenvalue weighted by Gasteiger charge is 2.10. The van der Waals surface area contributed by atoms with Crippen LogP contribution in [0.3, 0.4) is 0 Å². The Bertz CT molecular complexity index is 975. The van der Waals surface area contributed by atoms with Crippen LogP contribution < -0.4 is 4.74 Å². The average molecular weight is 490 g/mol. The fourth-order valence-electron chi connectivity index (χ4n) is 2.36. The van der Waals surface area contributed by atoms with Gasteiger partial charge < -0.3 is 4.74 Å². The highest BCUT2D eigenvalue weighted by atomic mass is 79.9. The maximum Gasteiger partial charge on any atom is 0.269 e. The van der Waals surface area contributed by atoms with E-state index in [1.165, 1.54) is 12.1 Å². The van der Waals surface area contributed by atoms with Crippen molar-refractivity contribution in [2.45, 2.75) is 6.61 Å². The second-order valence-electron chi connectivity index (χ2n) is 5.61. The summed E-state index contributed by atoms with van der Waals surface area (Å²) in [6.45, 7) is 0.430. The molecule has 0 fully saturated rings. The molecule has 0 bridgehead atoms. The number of aliphatic imine (C=N–C) groups is 1. The van der Waals surface area contributed by atoms with Gasteiger partial charge in [-0.1, -0.05) is 46.3 Å². The Kier molecular flexibility index (Phi) is 6.36. The smallest absolute Gasteiger partial charge is 0.269 e. The minimum Gasteiger partial charge on any atom is -0.487 e. The van der Waals surface area contributed by atoms with E-state index >= 15 is 0 Å². The van der Waals surface area contributed by atoms with E-state index in [-0.39, 0.29) is 5.69 Å². The van der Waals surface area contributed by atoms with Gasteiger partial charge in [0.1, 0.15) is 12.4 Å². The first kappa shape index (κ1) is 19.3. The zero-order valence-corrected chi connectivity index (χ0v) is 17.2. The minimum absolute atomic E-state index is 0.0334. The van der Waals surface area contributed by atoms with E-state index in [1.54, 1.807) is 18.3 Å². The molecule has 0 radical (unpaired) electrons. The molecular formula is C20H14Br2N2O3. The fourth-order valence-corrected chi connectivity index (χ4v) is 3.74. The molecule has 3 rings (SSSR count). The summed E-state index contributed by atoms with van der Waals surface area (Å²) < 4.78 is 7.68. The number of rotatable bonds is 6. The zero-order valence-electron chi connectivity index (χ0n) is 14.0. The van der Waals surface area contributed by atoms with Gasteiger partial charge in [0.25, 0.3) is 5.69 Å². The molecule has 0 aliphatic carbocycles. The highest BCUT2D eigenvalue weighted by Crippen LogP contribution is 2.33. The van der Waals surface area contributed by atoms with Crippen LogP contribution in [0.4, 0.5) is 11.4 Å². The third-order valence-electron chi connectivity index (χ3n) is 3.68. The molecule has 5 nitrogen and oxygen atoms in total. The van der Waals surface area contributed by atoms with Crippen molar-refractivity contribution in [3.8, 4) is 5.75 Å². The highest BCUT2D eigenvalue weighted by molar-refractivity contribution is 9.11. The Balaban J connectivity index is 1.84. The van der Waals surface area contributed by atoms with Gasteiger partial charge >= 0.3 is 0 Å². The zero-order chi connectivity index (χ0) is 19.2. The first-order valence-electron chi connectivity index (χ1n) is 7.97. The van der Waals surface area contributed by atoms with E-state index in [9.17, 15) is 10.1 Å². The lowest BCUT2D eigenvalue weighted by Gasteiger charge is -2.12. The number of non-ortho nitro benzene ring substituents is 1. The summed E-state index contributed by atoms with van der Waals surface area (Å²) in [5, 5.41) is 10.7. The van der Waals surface area contributed by atoms with Gasteiger partial charge in [0.15, 0.2) is 0 Å². The predicted molar refractivity (Wildman–Crippen MR) is 113 cm³/mol. The van der Waals surface area contributed by atoms with Crippen LogP contribution in [0.1, 0.15) is 11.1 Å². The predicted octanol–water partition coefficient (Wildman–Crippen LogP) is 6.45. The molecule has 0 saturated heterocycles. The van der Waals surface area contributed by atoms with E-state index in [4.69, 9.17) is 4.74 Å². The van der Waals surface area contributed by atoms with Gasteiger partial charge in [-0.3, -0.25) is 15.1 Å². The molecule has 136 valence electrons. The van der Waals surface area contributed by atoms with Crippen LogP contribution in [0.15, 0.2) is 80.7 Å². The summed E-state index contributed by atoms with van der Waals surface area (Å²) >= 11 is 7.00. The summed E-state index contributed by atoms with van der Waals surface area (Å²) in [7, 11) is 0. The largest absolute Gasteiger partial charge is 0.487 e. The van der Waals surface area contributed by atoms with Crippen molar-refractivity contribution in [3.05, 3.63) is 96.9 Å². The Labute approximate surface area is 173 Å². The van der Waals surface area contributed by atoms with Gasteiger partial charge in [-0.2, -0.15) is 0 Å². The second kappa shape index (κ2) is 8.92. The Morgan fingerprint density at radius 3 is 2.41 bits per heavy atom. The van der Waals surface area contributed by atoms with Crippen molar-refractivity contribution < 1.29 is 9.66 Å². The molecule has 27 heavy (non-hydrogen) atoms. The van der Waals surface area contributed by atoms with Crippen LogP contribution in [-0.4, -0.2) is 11.1 Å². The van der Waals surface area contributed by atoms with Crippen LogP contribution in [-0.2, 0) is 6.61 Å². The van der Waals surface area contributed by atoms with E-state index < -0.39 is 4.92 Å². The van der Waals surface area contributed by atoms with Crippen molar-refractivity contribution in [3.63, 3.8) is 0 Å². The summed E-state index contributed by atoms with van der Waals surface area (Å²) in [6, 6.07) is 19.8. The number of ether oxygens (including phenoxy) is 1. The molecule has 3 aromatic rings. The Morgan fingerprint density at radius 2 is 1.74 bits per heavy atom. The molecule has 0 amide bonds. The lowest BCUT2D eigenvalue weighted by Crippen LogP contribution is -1.99. The Morgan fingerprint density at radius 1 is 1.04 bits per heavy atom. The lowest BCUT2D eigenvalue weighted by atomic mass is 10.2. The molecule has 0 aliphatic rings. The van der Waals surface area contributed by atoms with Gasteiger partial charge in [-0.25, -0.2) is 0 Å². The molecule has 0 aliphatic heterocycles. The van der Waals surface area contributed by atoms with E-state index in [1.807, 2.05) is 42.5 Å². The average Bonchev–Trinajstić information content (AvgIpc) is 2.66. The van der Waals surface area contributed by atoms with E-state index in [2.05, 4.69) is 36.9 Å². The summed E-state index contributed by atoms with van der Waals surface area (Å²) in [5.41, 5.74) is 2.49. The summed E-state index contributed by atoms with van der Waals surface area (Å²) in [6.07, 6.45) is 1.68. The van der Waals surface area contributed by atoms with Crippen LogP contribution in [0.2, 0.25) is 0 Å². The third kappa shape index (κ3) is 5.24. The van der Waals surface area contributed by atoms with Crippen LogP contribution >= 0.6 is 31.9 Å². The molecule has 0 atom stereocenters. The minimum atomic E-state index is -0.436. The van der Waals surface area contributed by atoms with Gasteiger partial charge in [0.05, 0.1) is 15.1 Å². The molecule has 3 aromatic carbocycles. The quantitative estimate of drug-likeness (QED) is 0.227. The van der Waals surface area contributed by atoms with Crippen molar-refractivity contribution >= 4 is 49.4 Å². The Hall–Kier alpha value is -2.51. The first-order chi connectivity index (χ1) is 13.0. The van der Waals surface area contributed by atoms with Gasteiger partial charge in [0.2, 0.25) is 0 Å². The second-order valence-corrected chi connectivity index (χ2v) is 7.38. The SMILES string of the molecule is O=[N+]([O-])c1ccc(N=Cc2cc(Br)cc(Br)c2OCc2ccccc2)cc1. The number of nitro groups is 1. The topological polar surface area (TPSA) is 64.7 Å². The lowest BCUT2D eigenvalue weighted by molar-refractivity contribution is -0.384. The fraction of sp³-hybridized carbons (Fsp3) is 0.0500. The molecule has 7 heteroatoms. The van der Waals surface area contributed by atoms with Crippen molar-refractivity contribution in [1.82, 2.24) is 0 Å². The number of halogens is 2. The number of nitro benzene ring substituents is 1. The first-order valence-corrected chi connectivity index (χ1v) is 9.56. The number of hydrogen-bond donors (Lipinski definition) is 0. The van der Waals surface area contributed by atoms with Gasteiger partial charge in [-0.05, 0) is 45.8 Å². The number of benzene rings is 3. The third-order valence-corrected chi connectivity index (χ3v) is 4.72. The van der Waals surface area contributed by atoms with Crippen molar-refractivity contribution in [2.75, 3.05) is 0 Å². The van der Waals surface area contributed by atoms with Gasteiger partial charge in [0, 0.05) is 28.4 Å². The van der Waals surface area contributed by atoms with Crippen molar-refractivity contribution in [1.29, 1.82) is 0 Å². The normalized spacial score (nSPS) is 10.9. The number of nitrogens with zero attached hydrogens (tertiary/aromatic N) is 2. The van der Waals surface area contributed by atoms with E-state index in [0.717, 1.165) is 20.1 Å². The van der Waals surface area contributed by atoms with Crippen LogP contribution in [0.5, 0.6) is 5.75 Å². The van der Waals surface area contributed by atoms with Gasteiger partial charge in [-0.15, -0.1) is 0 Å². The van der Waals surface area contributed by atoms with Crippen LogP contribution in [0, 0.1) is 10.1 Å². The molecule has 0 aromatic heterocycles. The molecule has 0 N–H and O–H groups in total. The molecule has 0 saturated carbocycles. The summed E-state index contributed by atoms with van der Waals surface area (Å²) in [5.74, 6) is 0.674. The summed E-state index contributed by atoms with van der Waals surface area (Å²) in [4.78, 5) is 14.7. The number of hydrogen-bond acceptors (Lipinski definition) is 4. The maximum atomic E-state index is 10.7. The molecule has 0 heterocycles. The maximum absolute atomic E-state index is 10.7. The molecular weight excluding hydrogens is 476 g/mol. The molecule has 0 spiro atoms. The van der Waals surface area contributed by atoms with Crippen LogP contribution in [0.25, 0.3) is 0 Å². The van der Waals surface area contributed by atoms with E-state index in [0.29, 0.717) is 18.0 Å². The monoisotopic (exact) mass is 488 g/mol.